The fourth-order valence-corrected chi connectivity index (χ4v) is 2.83. The number of rotatable bonds is 5. The van der Waals surface area contributed by atoms with Crippen molar-refractivity contribution in [3.63, 3.8) is 0 Å². The van der Waals surface area contributed by atoms with Gasteiger partial charge in [-0.05, 0) is 37.8 Å². The number of amides is 1. The molecule has 0 aromatic carbocycles. The molecule has 0 aliphatic heterocycles. The van der Waals surface area contributed by atoms with Crippen LogP contribution in [0.25, 0.3) is 0 Å². The molecule has 0 unspecified atom stereocenters. The highest BCUT2D eigenvalue weighted by Gasteiger charge is 2.24. The Morgan fingerprint density at radius 3 is 2.71 bits per heavy atom. The third-order valence-corrected chi connectivity index (χ3v) is 4.04. The van der Waals surface area contributed by atoms with Gasteiger partial charge in [0.2, 0.25) is 11.8 Å². The Kier molecular flexibility index (Phi) is 5.20. The first-order chi connectivity index (χ1) is 11.7. The van der Waals surface area contributed by atoms with E-state index in [1.54, 1.807) is 12.3 Å². The van der Waals surface area contributed by atoms with E-state index in [9.17, 15) is 9.59 Å². The lowest BCUT2D eigenvalue weighted by molar-refractivity contribution is -0.123. The summed E-state index contributed by atoms with van der Waals surface area (Å²) in [6.45, 7) is -0.0516. The minimum absolute atomic E-state index is 0.0516. The minimum Gasteiger partial charge on any atom is -0.474 e. The number of hydrogen-bond donors (Lipinski definition) is 1. The van der Waals surface area contributed by atoms with Crippen molar-refractivity contribution in [3.8, 4) is 5.88 Å². The van der Waals surface area contributed by atoms with Crippen molar-refractivity contribution in [2.45, 2.75) is 44.4 Å². The molecule has 7 nitrogen and oxygen atoms in total. The molecule has 0 bridgehead atoms. The molecule has 126 valence electrons. The first-order valence-corrected chi connectivity index (χ1v) is 8.10. The Morgan fingerprint density at radius 1 is 1.17 bits per heavy atom. The molecule has 0 atom stereocenters. The van der Waals surface area contributed by atoms with Crippen molar-refractivity contribution in [2.75, 3.05) is 0 Å². The number of ether oxygens (including phenoxy) is 1. The lowest BCUT2D eigenvalue weighted by atomic mass is 9.93. The van der Waals surface area contributed by atoms with Crippen molar-refractivity contribution in [3.05, 3.63) is 53.1 Å². The second-order valence-corrected chi connectivity index (χ2v) is 5.85. The summed E-state index contributed by atoms with van der Waals surface area (Å²) >= 11 is 0. The monoisotopic (exact) mass is 328 g/mol. The number of nitrogens with zero attached hydrogens (tertiary/aromatic N) is 3. The van der Waals surface area contributed by atoms with Crippen LogP contribution in [0.3, 0.4) is 0 Å². The Bertz CT molecular complexity index is 724. The maximum Gasteiger partial charge on any atom is 0.267 e. The molecule has 1 amide bonds. The third kappa shape index (κ3) is 4.41. The van der Waals surface area contributed by atoms with Crippen molar-refractivity contribution < 1.29 is 9.53 Å². The van der Waals surface area contributed by atoms with Crippen molar-refractivity contribution in [1.82, 2.24) is 20.1 Å². The normalized spacial score (nSPS) is 20.3. The Hall–Kier alpha value is -2.70. The molecule has 1 aliphatic carbocycles. The zero-order chi connectivity index (χ0) is 16.8. The maximum atomic E-state index is 12.1. The summed E-state index contributed by atoms with van der Waals surface area (Å²) in [4.78, 5) is 27.8. The van der Waals surface area contributed by atoms with E-state index < -0.39 is 0 Å². The van der Waals surface area contributed by atoms with Gasteiger partial charge < -0.3 is 10.1 Å². The van der Waals surface area contributed by atoms with Gasteiger partial charge in [0.25, 0.3) is 5.56 Å². The smallest absolute Gasteiger partial charge is 0.267 e. The van der Waals surface area contributed by atoms with Crippen LogP contribution >= 0.6 is 0 Å². The molecule has 1 aliphatic rings. The molecule has 3 rings (SSSR count). The quantitative estimate of drug-likeness (QED) is 0.889. The van der Waals surface area contributed by atoms with Crippen LogP contribution < -0.4 is 15.6 Å². The van der Waals surface area contributed by atoms with Gasteiger partial charge in [-0.2, -0.15) is 5.10 Å². The van der Waals surface area contributed by atoms with E-state index in [-0.39, 0.29) is 30.2 Å². The van der Waals surface area contributed by atoms with Crippen molar-refractivity contribution in [1.29, 1.82) is 0 Å². The molecule has 1 saturated carbocycles. The zero-order valence-electron chi connectivity index (χ0n) is 13.3. The van der Waals surface area contributed by atoms with Crippen LogP contribution in [0.1, 0.15) is 25.7 Å². The summed E-state index contributed by atoms with van der Waals surface area (Å²) in [7, 11) is 0. The van der Waals surface area contributed by atoms with Crippen LogP contribution in [0.5, 0.6) is 5.88 Å². The summed E-state index contributed by atoms with van der Waals surface area (Å²) in [6, 6.07) is 8.65. The van der Waals surface area contributed by atoms with Crippen LogP contribution in [0.15, 0.2) is 47.5 Å². The van der Waals surface area contributed by atoms with Gasteiger partial charge in [0.05, 0.1) is 0 Å². The number of carbonyl (C=O) groups excluding carboxylic acids is 1. The highest BCUT2D eigenvalue weighted by atomic mass is 16.5. The SMILES string of the molecule is O=C(Cn1ncccc1=O)NC1CCC(Oc2ccccn2)CC1. The molecule has 7 heteroatoms. The van der Waals surface area contributed by atoms with E-state index in [0.29, 0.717) is 5.88 Å². The second kappa shape index (κ2) is 7.72. The van der Waals surface area contributed by atoms with Crippen LogP contribution in [-0.2, 0) is 11.3 Å². The topological polar surface area (TPSA) is 86.1 Å². The molecule has 0 radical (unpaired) electrons. The number of nitrogens with one attached hydrogen (secondary N) is 1. The van der Waals surface area contributed by atoms with E-state index >= 15 is 0 Å². The van der Waals surface area contributed by atoms with Crippen molar-refractivity contribution >= 4 is 5.91 Å². The molecule has 2 aromatic heterocycles. The van der Waals surface area contributed by atoms with Gasteiger partial charge >= 0.3 is 0 Å². The minimum atomic E-state index is -0.278. The van der Waals surface area contributed by atoms with Gasteiger partial charge in [-0.15, -0.1) is 0 Å². The van der Waals surface area contributed by atoms with Gasteiger partial charge in [-0.3, -0.25) is 9.59 Å². The van der Waals surface area contributed by atoms with Crippen LogP contribution in [0.2, 0.25) is 0 Å². The number of hydrogen-bond acceptors (Lipinski definition) is 5. The van der Waals surface area contributed by atoms with Gasteiger partial charge in [0, 0.05) is 30.6 Å². The predicted molar refractivity (Wildman–Crippen MR) is 87.5 cm³/mol. The largest absolute Gasteiger partial charge is 0.474 e. The number of carbonyl (C=O) groups is 1. The molecule has 24 heavy (non-hydrogen) atoms. The fourth-order valence-electron chi connectivity index (χ4n) is 2.83. The summed E-state index contributed by atoms with van der Waals surface area (Å²) in [5, 5.41) is 6.86. The average Bonchev–Trinajstić information content (AvgIpc) is 2.60. The molecule has 0 saturated heterocycles. The van der Waals surface area contributed by atoms with Gasteiger partial charge in [-0.25, -0.2) is 9.67 Å². The zero-order valence-corrected chi connectivity index (χ0v) is 13.3. The molecule has 1 fully saturated rings. The van der Waals surface area contributed by atoms with Crippen LogP contribution in [0, 0.1) is 0 Å². The predicted octanol–water partition coefficient (Wildman–Crippen LogP) is 1.14. The Morgan fingerprint density at radius 2 is 2.00 bits per heavy atom. The first-order valence-electron chi connectivity index (χ1n) is 8.10. The fraction of sp³-hybridized carbons (Fsp3) is 0.412. The Labute approximate surface area is 139 Å². The Balaban J connectivity index is 1.44. The van der Waals surface area contributed by atoms with E-state index in [2.05, 4.69) is 15.4 Å². The highest BCUT2D eigenvalue weighted by molar-refractivity contribution is 5.75. The molecule has 2 aromatic rings. The summed E-state index contributed by atoms with van der Waals surface area (Å²) in [5.41, 5.74) is -0.278. The second-order valence-electron chi connectivity index (χ2n) is 5.85. The lowest BCUT2D eigenvalue weighted by Crippen LogP contribution is -2.42. The van der Waals surface area contributed by atoms with Crippen molar-refractivity contribution in [2.24, 2.45) is 0 Å². The third-order valence-electron chi connectivity index (χ3n) is 4.04. The molecule has 0 spiro atoms. The first kappa shape index (κ1) is 16.2. The summed E-state index contributed by atoms with van der Waals surface area (Å²) < 4.78 is 7.00. The van der Waals surface area contributed by atoms with Crippen LogP contribution in [0.4, 0.5) is 0 Å². The van der Waals surface area contributed by atoms with E-state index in [1.165, 1.54) is 12.3 Å². The average molecular weight is 328 g/mol. The van der Waals surface area contributed by atoms with E-state index in [1.807, 2.05) is 18.2 Å². The summed E-state index contributed by atoms with van der Waals surface area (Å²) in [5.74, 6) is 0.449. The van der Waals surface area contributed by atoms with Gasteiger partial charge in [0.15, 0.2) is 0 Å². The number of aromatic nitrogens is 3. The van der Waals surface area contributed by atoms with Gasteiger partial charge in [0.1, 0.15) is 12.6 Å². The highest BCUT2D eigenvalue weighted by Crippen LogP contribution is 2.22. The summed E-state index contributed by atoms with van der Waals surface area (Å²) in [6.07, 6.45) is 6.76. The van der Waals surface area contributed by atoms with E-state index in [0.717, 1.165) is 30.4 Å². The maximum absolute atomic E-state index is 12.1. The number of pyridine rings is 1. The molecular formula is C17H20N4O3. The van der Waals surface area contributed by atoms with Gasteiger partial charge in [-0.1, -0.05) is 6.07 Å². The molecular weight excluding hydrogens is 308 g/mol. The van der Waals surface area contributed by atoms with Crippen LogP contribution in [-0.4, -0.2) is 32.8 Å². The standard InChI is InChI=1S/C17H20N4O3/c22-15(12-21-17(23)5-3-11-19-21)20-13-6-8-14(9-7-13)24-16-4-1-2-10-18-16/h1-5,10-11,13-14H,6-9,12H2,(H,20,22). The molecule has 2 heterocycles. The van der Waals surface area contributed by atoms with E-state index in [4.69, 9.17) is 4.74 Å². The lowest BCUT2D eigenvalue weighted by Gasteiger charge is -2.29. The molecule has 1 N–H and O–H groups in total.